The van der Waals surface area contributed by atoms with Gasteiger partial charge in [-0.25, -0.2) is 14.4 Å². The monoisotopic (exact) mass is 604 g/mol. The van der Waals surface area contributed by atoms with E-state index in [1.165, 1.54) is 11.3 Å². The number of fused-ring (bicyclic) bond motifs is 1. The smallest absolute Gasteiger partial charge is 0.297 e. The van der Waals surface area contributed by atoms with Gasteiger partial charge < -0.3 is 10.1 Å². The van der Waals surface area contributed by atoms with Crippen molar-refractivity contribution in [2.24, 2.45) is 17.1 Å². The first kappa shape index (κ1) is 26.8. The van der Waals surface area contributed by atoms with Gasteiger partial charge in [0.2, 0.25) is 4.80 Å². The number of hydrogen-bond donors (Lipinski definition) is 1. The van der Waals surface area contributed by atoms with Crippen LogP contribution < -0.4 is 20.4 Å². The first-order valence-electron chi connectivity index (χ1n) is 12.5. The first-order valence-corrected chi connectivity index (χ1v) is 14.1. The average molecular weight is 606 g/mol. The van der Waals surface area contributed by atoms with E-state index in [2.05, 4.69) is 5.32 Å². The maximum Gasteiger partial charge on any atom is 0.297 e. The predicted molar refractivity (Wildman–Crippen MR) is 162 cm³/mol. The van der Waals surface area contributed by atoms with E-state index in [9.17, 15) is 9.59 Å². The Kier molecular flexibility index (Phi) is 7.12. The summed E-state index contributed by atoms with van der Waals surface area (Å²) >= 11 is 14.0. The molecule has 1 aliphatic rings. The number of halogens is 2. The Bertz CT molecular complexity index is 1970. The molecule has 3 aromatic carbocycles. The van der Waals surface area contributed by atoms with E-state index in [0.717, 1.165) is 11.3 Å². The van der Waals surface area contributed by atoms with Gasteiger partial charge in [-0.1, -0.05) is 53.5 Å². The van der Waals surface area contributed by atoms with Crippen molar-refractivity contribution < 1.29 is 9.53 Å². The van der Waals surface area contributed by atoms with Gasteiger partial charge in [0.15, 0.2) is 12.3 Å². The van der Waals surface area contributed by atoms with Gasteiger partial charge in [-0.2, -0.15) is 5.10 Å². The summed E-state index contributed by atoms with van der Waals surface area (Å²) in [5.41, 5.74) is 4.07. The molecule has 1 amide bonds. The Labute approximate surface area is 248 Å². The summed E-state index contributed by atoms with van der Waals surface area (Å²) in [4.78, 5) is 30.8. The largest absolute Gasteiger partial charge is 0.482 e. The molecule has 1 N–H and O–H groups in total. The summed E-state index contributed by atoms with van der Waals surface area (Å²) in [5.74, 6) is 0.349. The standard InChI is InChI=1S/C29H22Cl2N6O3S/c1-17-27(28(39)37(35(17)2)20-8-4-3-5-9-20)34-29-36(32-14-19-7-6-10-21(30)26(19)31)23(16-41-29)18-11-12-24-22(13-18)33-25(38)15-40-24/h3-14,16H,15H2,1-2H3,(H,33,38). The lowest BCUT2D eigenvalue weighted by atomic mass is 10.1. The number of para-hydroxylation sites is 1. The molecule has 0 aliphatic carbocycles. The van der Waals surface area contributed by atoms with Crippen molar-refractivity contribution in [1.29, 1.82) is 0 Å². The second-order valence-corrected chi connectivity index (χ2v) is 10.8. The normalized spacial score (nSPS) is 13.4. The van der Waals surface area contributed by atoms with E-state index in [1.807, 2.05) is 61.8 Å². The van der Waals surface area contributed by atoms with Crippen LogP contribution in [0, 0.1) is 6.92 Å². The van der Waals surface area contributed by atoms with Crippen LogP contribution >= 0.6 is 34.5 Å². The van der Waals surface area contributed by atoms with Gasteiger partial charge in [0.05, 0.1) is 39.0 Å². The molecule has 0 spiro atoms. The third kappa shape index (κ3) is 5.01. The van der Waals surface area contributed by atoms with Crippen LogP contribution in [0.4, 0.5) is 11.4 Å². The van der Waals surface area contributed by atoms with E-state index in [4.69, 9.17) is 38.0 Å². The van der Waals surface area contributed by atoms with Crippen molar-refractivity contribution in [2.75, 3.05) is 11.9 Å². The van der Waals surface area contributed by atoms with Gasteiger partial charge in [-0.3, -0.25) is 14.3 Å². The fourth-order valence-electron chi connectivity index (χ4n) is 4.45. The number of nitrogens with one attached hydrogen (secondary N) is 1. The van der Waals surface area contributed by atoms with Crippen molar-refractivity contribution in [3.05, 3.63) is 109 Å². The van der Waals surface area contributed by atoms with Crippen molar-refractivity contribution in [1.82, 2.24) is 14.0 Å². The summed E-state index contributed by atoms with van der Waals surface area (Å²) < 4.78 is 10.5. The van der Waals surface area contributed by atoms with Crippen LogP contribution in [-0.2, 0) is 11.8 Å². The molecule has 9 nitrogen and oxygen atoms in total. The Morgan fingerprint density at radius 1 is 1.05 bits per heavy atom. The third-order valence-electron chi connectivity index (χ3n) is 6.62. The Balaban J connectivity index is 1.53. The molecule has 6 rings (SSSR count). The van der Waals surface area contributed by atoms with Gasteiger partial charge in [0.25, 0.3) is 11.5 Å². The van der Waals surface area contributed by atoms with Crippen molar-refractivity contribution in [3.8, 4) is 22.7 Å². The van der Waals surface area contributed by atoms with Crippen LogP contribution in [0.25, 0.3) is 16.9 Å². The minimum Gasteiger partial charge on any atom is -0.482 e. The maximum absolute atomic E-state index is 13.6. The van der Waals surface area contributed by atoms with Gasteiger partial charge in [0.1, 0.15) is 5.75 Å². The number of ether oxygens (including phenoxy) is 1. The van der Waals surface area contributed by atoms with Gasteiger partial charge in [-0.15, -0.1) is 11.3 Å². The molecule has 41 heavy (non-hydrogen) atoms. The molecule has 0 unspecified atom stereocenters. The van der Waals surface area contributed by atoms with E-state index in [1.54, 1.807) is 44.5 Å². The van der Waals surface area contributed by atoms with Crippen LogP contribution in [0.2, 0.25) is 10.0 Å². The third-order valence-corrected chi connectivity index (χ3v) is 8.27. The molecule has 0 atom stereocenters. The lowest BCUT2D eigenvalue weighted by Crippen LogP contribution is -2.25. The fraction of sp³-hybridized carbons (Fsp3) is 0.103. The molecule has 0 bridgehead atoms. The zero-order valence-corrected chi connectivity index (χ0v) is 24.2. The number of benzene rings is 3. The Morgan fingerprint density at radius 3 is 2.66 bits per heavy atom. The lowest BCUT2D eigenvalue weighted by Gasteiger charge is -2.18. The highest BCUT2D eigenvalue weighted by Crippen LogP contribution is 2.33. The molecular weight excluding hydrogens is 583 g/mol. The highest BCUT2D eigenvalue weighted by molar-refractivity contribution is 7.07. The topological polar surface area (TPSA) is 94.9 Å². The number of anilines is 1. The number of carbonyl (C=O) groups is 1. The molecule has 0 saturated heterocycles. The number of carbonyl (C=O) groups excluding carboxylic acids is 1. The second kappa shape index (κ2) is 10.9. The second-order valence-electron chi connectivity index (χ2n) is 9.17. The fourth-order valence-corrected chi connectivity index (χ4v) is 5.65. The molecule has 5 aromatic rings. The summed E-state index contributed by atoms with van der Waals surface area (Å²) in [6.07, 6.45) is 1.59. The predicted octanol–water partition coefficient (Wildman–Crippen LogP) is 5.77. The van der Waals surface area contributed by atoms with Crippen molar-refractivity contribution in [3.63, 3.8) is 0 Å². The number of thiazole rings is 1. The maximum atomic E-state index is 13.6. The van der Waals surface area contributed by atoms with Crippen LogP contribution in [0.1, 0.15) is 11.3 Å². The highest BCUT2D eigenvalue weighted by Gasteiger charge is 2.19. The molecule has 12 heteroatoms. The summed E-state index contributed by atoms with van der Waals surface area (Å²) in [5, 5.41) is 10.2. The van der Waals surface area contributed by atoms with E-state index >= 15 is 0 Å². The first-order chi connectivity index (χ1) is 19.8. The highest BCUT2D eigenvalue weighted by atomic mass is 35.5. The SMILES string of the molecule is Cc1c(N=c2scc(-c3ccc4c(c3)NC(=O)CO4)n2N=Cc2cccc(Cl)c2Cl)c(=O)n(-c2ccccc2)n1C. The number of amides is 1. The molecule has 0 radical (unpaired) electrons. The number of nitrogens with zero attached hydrogens (tertiary/aromatic N) is 5. The van der Waals surface area contributed by atoms with Crippen molar-refractivity contribution in [2.45, 2.75) is 6.92 Å². The number of hydrogen-bond acceptors (Lipinski definition) is 6. The summed E-state index contributed by atoms with van der Waals surface area (Å²) in [6, 6.07) is 20.1. The molecule has 0 saturated carbocycles. The van der Waals surface area contributed by atoms with E-state index < -0.39 is 0 Å². The van der Waals surface area contributed by atoms with Gasteiger partial charge >= 0.3 is 0 Å². The zero-order chi connectivity index (χ0) is 28.7. The van der Waals surface area contributed by atoms with Crippen LogP contribution in [0.5, 0.6) is 5.75 Å². The van der Waals surface area contributed by atoms with E-state index in [0.29, 0.717) is 48.9 Å². The quantitative estimate of drug-likeness (QED) is 0.258. The van der Waals surface area contributed by atoms with Crippen LogP contribution in [0.3, 0.4) is 0 Å². The van der Waals surface area contributed by atoms with Gasteiger partial charge in [-0.05, 0) is 43.3 Å². The van der Waals surface area contributed by atoms with Crippen molar-refractivity contribution >= 4 is 58.0 Å². The summed E-state index contributed by atoms with van der Waals surface area (Å²) in [7, 11) is 1.82. The number of rotatable bonds is 5. The average Bonchev–Trinajstić information content (AvgIpc) is 3.47. The minimum atomic E-state index is -0.256. The van der Waals surface area contributed by atoms with Crippen LogP contribution in [0.15, 0.2) is 87.0 Å². The summed E-state index contributed by atoms with van der Waals surface area (Å²) in [6.45, 7) is 1.81. The molecular formula is C29H22Cl2N6O3S. The van der Waals surface area contributed by atoms with E-state index in [-0.39, 0.29) is 18.1 Å². The zero-order valence-electron chi connectivity index (χ0n) is 21.8. The van der Waals surface area contributed by atoms with Crippen LogP contribution in [-0.4, -0.2) is 32.8 Å². The Hall–Kier alpha value is -4.38. The Morgan fingerprint density at radius 2 is 1.85 bits per heavy atom. The molecule has 206 valence electrons. The lowest BCUT2D eigenvalue weighted by molar-refractivity contribution is -0.118. The number of aromatic nitrogens is 3. The molecule has 2 aromatic heterocycles. The molecule has 3 heterocycles. The van der Waals surface area contributed by atoms with Gasteiger partial charge in [0, 0.05) is 23.6 Å². The molecule has 1 aliphatic heterocycles. The molecule has 0 fully saturated rings. The minimum absolute atomic E-state index is 0.0323.